The normalized spacial score (nSPS) is 18.0. The number of hydrogen-bond donors (Lipinski definition) is 1. The van der Waals surface area contributed by atoms with Crippen molar-refractivity contribution in [2.75, 3.05) is 13.7 Å². The van der Waals surface area contributed by atoms with Crippen LogP contribution in [0.5, 0.6) is 5.75 Å². The molecule has 16 heavy (non-hydrogen) atoms. The standard InChI is InChI=1S/C13H18FNO/c1-9-6-10(11(14)7-12(9)16-2)13(8-15)4-3-5-13/h6-7H,3-5,8,15H2,1-2H3. The average Bonchev–Trinajstić information content (AvgIpc) is 2.22. The van der Waals surface area contributed by atoms with E-state index in [1.54, 1.807) is 7.11 Å². The van der Waals surface area contributed by atoms with E-state index in [-0.39, 0.29) is 11.2 Å². The van der Waals surface area contributed by atoms with E-state index in [9.17, 15) is 4.39 Å². The summed E-state index contributed by atoms with van der Waals surface area (Å²) in [5, 5.41) is 0. The van der Waals surface area contributed by atoms with E-state index >= 15 is 0 Å². The number of nitrogens with two attached hydrogens (primary N) is 1. The second-order valence-corrected chi connectivity index (χ2v) is 4.64. The number of benzene rings is 1. The smallest absolute Gasteiger partial charge is 0.130 e. The molecule has 2 N–H and O–H groups in total. The maximum absolute atomic E-state index is 14.0. The fourth-order valence-electron chi connectivity index (χ4n) is 2.48. The van der Waals surface area contributed by atoms with E-state index < -0.39 is 0 Å². The first-order chi connectivity index (χ1) is 7.63. The SMILES string of the molecule is COc1cc(F)c(C2(CN)CCC2)cc1C. The van der Waals surface area contributed by atoms with Gasteiger partial charge in [-0.05, 0) is 37.0 Å². The van der Waals surface area contributed by atoms with Gasteiger partial charge < -0.3 is 10.5 Å². The Morgan fingerprint density at radius 3 is 2.56 bits per heavy atom. The summed E-state index contributed by atoms with van der Waals surface area (Å²) in [7, 11) is 1.56. The number of rotatable bonds is 3. The summed E-state index contributed by atoms with van der Waals surface area (Å²) in [6, 6.07) is 3.36. The molecule has 1 aliphatic rings. The molecule has 1 aromatic rings. The number of halogens is 1. The highest BCUT2D eigenvalue weighted by atomic mass is 19.1. The number of aryl methyl sites for hydroxylation is 1. The molecule has 0 atom stereocenters. The fraction of sp³-hybridized carbons (Fsp3) is 0.538. The Labute approximate surface area is 95.6 Å². The summed E-state index contributed by atoms with van der Waals surface area (Å²) in [6.07, 6.45) is 3.13. The quantitative estimate of drug-likeness (QED) is 0.854. The van der Waals surface area contributed by atoms with Gasteiger partial charge in [-0.2, -0.15) is 0 Å². The van der Waals surface area contributed by atoms with Gasteiger partial charge in [0.25, 0.3) is 0 Å². The van der Waals surface area contributed by atoms with E-state index in [0.29, 0.717) is 12.3 Å². The molecule has 0 unspecified atom stereocenters. The monoisotopic (exact) mass is 223 g/mol. The minimum atomic E-state index is -0.187. The van der Waals surface area contributed by atoms with Gasteiger partial charge in [0.15, 0.2) is 0 Å². The Kier molecular flexibility index (Phi) is 2.89. The summed E-state index contributed by atoms with van der Waals surface area (Å²) in [4.78, 5) is 0. The summed E-state index contributed by atoms with van der Waals surface area (Å²) in [5.41, 5.74) is 7.40. The van der Waals surface area contributed by atoms with Gasteiger partial charge in [-0.15, -0.1) is 0 Å². The van der Waals surface area contributed by atoms with Crippen LogP contribution in [0, 0.1) is 12.7 Å². The highest BCUT2D eigenvalue weighted by molar-refractivity contribution is 5.41. The fourth-order valence-corrected chi connectivity index (χ4v) is 2.48. The first kappa shape index (κ1) is 11.4. The molecular weight excluding hydrogens is 205 g/mol. The van der Waals surface area contributed by atoms with Crippen LogP contribution in [-0.4, -0.2) is 13.7 Å². The Bertz CT molecular complexity index is 394. The molecule has 0 aromatic heterocycles. The van der Waals surface area contributed by atoms with Gasteiger partial charge in [-0.3, -0.25) is 0 Å². The largest absolute Gasteiger partial charge is 0.496 e. The van der Waals surface area contributed by atoms with Crippen LogP contribution >= 0.6 is 0 Å². The minimum Gasteiger partial charge on any atom is -0.496 e. The van der Waals surface area contributed by atoms with Crippen molar-refractivity contribution in [2.45, 2.75) is 31.6 Å². The lowest BCUT2D eigenvalue weighted by Gasteiger charge is -2.41. The Balaban J connectivity index is 2.45. The zero-order valence-electron chi connectivity index (χ0n) is 9.85. The molecule has 1 aromatic carbocycles. The zero-order chi connectivity index (χ0) is 11.8. The lowest BCUT2D eigenvalue weighted by Crippen LogP contribution is -2.42. The van der Waals surface area contributed by atoms with Crippen molar-refractivity contribution in [3.05, 3.63) is 29.1 Å². The van der Waals surface area contributed by atoms with Crippen LogP contribution in [0.3, 0.4) is 0 Å². The molecule has 1 fully saturated rings. The molecular formula is C13H18FNO. The van der Waals surface area contributed by atoms with E-state index in [1.807, 2.05) is 13.0 Å². The molecule has 1 saturated carbocycles. The van der Waals surface area contributed by atoms with Crippen molar-refractivity contribution in [1.29, 1.82) is 0 Å². The first-order valence-corrected chi connectivity index (χ1v) is 5.67. The van der Waals surface area contributed by atoms with Gasteiger partial charge in [0.2, 0.25) is 0 Å². The molecule has 0 radical (unpaired) electrons. The molecule has 88 valence electrons. The van der Waals surface area contributed by atoms with Crippen molar-refractivity contribution in [3.63, 3.8) is 0 Å². The molecule has 0 spiro atoms. The van der Waals surface area contributed by atoms with E-state index in [1.165, 1.54) is 6.07 Å². The van der Waals surface area contributed by atoms with Crippen molar-refractivity contribution in [2.24, 2.45) is 5.73 Å². The Morgan fingerprint density at radius 2 is 2.12 bits per heavy atom. The Hall–Kier alpha value is -1.09. The van der Waals surface area contributed by atoms with Gasteiger partial charge in [-0.25, -0.2) is 4.39 Å². The molecule has 2 rings (SSSR count). The Morgan fingerprint density at radius 1 is 1.44 bits per heavy atom. The van der Waals surface area contributed by atoms with Gasteiger partial charge in [0, 0.05) is 18.0 Å². The van der Waals surface area contributed by atoms with Crippen LogP contribution < -0.4 is 10.5 Å². The van der Waals surface area contributed by atoms with E-state index in [2.05, 4.69) is 0 Å². The van der Waals surface area contributed by atoms with Crippen molar-refractivity contribution in [1.82, 2.24) is 0 Å². The number of hydrogen-bond acceptors (Lipinski definition) is 2. The van der Waals surface area contributed by atoms with Crippen molar-refractivity contribution < 1.29 is 9.13 Å². The van der Waals surface area contributed by atoms with E-state index in [0.717, 1.165) is 30.4 Å². The molecule has 0 saturated heterocycles. The summed E-state index contributed by atoms with van der Waals surface area (Å²) >= 11 is 0. The molecule has 1 aliphatic carbocycles. The molecule has 3 heteroatoms. The van der Waals surface area contributed by atoms with Crippen LogP contribution in [0.2, 0.25) is 0 Å². The highest BCUT2D eigenvalue weighted by Crippen LogP contribution is 2.44. The van der Waals surface area contributed by atoms with E-state index in [4.69, 9.17) is 10.5 Å². The topological polar surface area (TPSA) is 35.2 Å². The number of methoxy groups -OCH3 is 1. The summed E-state index contributed by atoms with van der Waals surface area (Å²) in [6.45, 7) is 2.46. The first-order valence-electron chi connectivity index (χ1n) is 5.67. The van der Waals surface area contributed by atoms with Gasteiger partial charge in [0.05, 0.1) is 7.11 Å². The van der Waals surface area contributed by atoms with Crippen molar-refractivity contribution in [3.8, 4) is 5.75 Å². The van der Waals surface area contributed by atoms with Gasteiger partial charge in [0.1, 0.15) is 11.6 Å². The van der Waals surface area contributed by atoms with Crippen LogP contribution in [-0.2, 0) is 5.41 Å². The third kappa shape index (κ3) is 1.59. The lowest BCUT2D eigenvalue weighted by atomic mass is 9.64. The van der Waals surface area contributed by atoms with Gasteiger partial charge >= 0.3 is 0 Å². The lowest BCUT2D eigenvalue weighted by molar-refractivity contribution is 0.244. The molecule has 0 heterocycles. The van der Waals surface area contributed by atoms with Crippen LogP contribution in [0.4, 0.5) is 4.39 Å². The molecule has 0 bridgehead atoms. The summed E-state index contributed by atoms with van der Waals surface area (Å²) < 4.78 is 19.1. The highest BCUT2D eigenvalue weighted by Gasteiger charge is 2.39. The maximum Gasteiger partial charge on any atom is 0.130 e. The van der Waals surface area contributed by atoms with Crippen LogP contribution in [0.25, 0.3) is 0 Å². The third-order valence-corrected chi connectivity index (χ3v) is 3.76. The predicted molar refractivity (Wildman–Crippen MR) is 62.3 cm³/mol. The van der Waals surface area contributed by atoms with Crippen molar-refractivity contribution >= 4 is 0 Å². The second-order valence-electron chi connectivity index (χ2n) is 4.64. The average molecular weight is 223 g/mol. The maximum atomic E-state index is 14.0. The molecule has 0 amide bonds. The van der Waals surface area contributed by atoms with Crippen LogP contribution in [0.15, 0.2) is 12.1 Å². The zero-order valence-corrected chi connectivity index (χ0v) is 9.85. The minimum absolute atomic E-state index is 0.124. The molecule has 0 aliphatic heterocycles. The predicted octanol–water partition coefficient (Wildman–Crippen LogP) is 2.52. The second kappa shape index (κ2) is 4.06. The van der Waals surface area contributed by atoms with Gasteiger partial charge in [-0.1, -0.05) is 6.42 Å². The number of ether oxygens (including phenoxy) is 1. The summed E-state index contributed by atoms with van der Waals surface area (Å²) in [5.74, 6) is 0.417. The third-order valence-electron chi connectivity index (χ3n) is 3.76. The van der Waals surface area contributed by atoms with Crippen LogP contribution in [0.1, 0.15) is 30.4 Å². The molecule has 2 nitrogen and oxygen atoms in total.